The summed E-state index contributed by atoms with van der Waals surface area (Å²) in [5.74, 6) is -0.668. The molecule has 3 rings (SSSR count). The highest BCUT2D eigenvalue weighted by Crippen LogP contribution is 2.34. The minimum absolute atomic E-state index is 0.0878. The molecule has 1 N–H and O–H groups in total. The Morgan fingerprint density at radius 3 is 2.57 bits per heavy atom. The van der Waals surface area contributed by atoms with Crippen molar-refractivity contribution >= 4 is 51.7 Å². The number of alkyl halides is 3. The lowest BCUT2D eigenvalue weighted by Crippen LogP contribution is -2.33. The molecule has 0 saturated carbocycles. The van der Waals surface area contributed by atoms with E-state index in [4.69, 9.17) is 11.6 Å². The second kappa shape index (κ2) is 9.09. The van der Waals surface area contributed by atoms with E-state index < -0.39 is 17.0 Å². The molecular weight excluding hydrogens is 439 g/mol. The van der Waals surface area contributed by atoms with Gasteiger partial charge in [0.15, 0.2) is 5.17 Å². The van der Waals surface area contributed by atoms with Crippen molar-refractivity contribution in [2.75, 3.05) is 11.9 Å². The molecule has 0 bridgehead atoms. The van der Waals surface area contributed by atoms with Crippen LogP contribution in [0.2, 0.25) is 5.02 Å². The highest BCUT2D eigenvalue weighted by Gasteiger charge is 2.38. The summed E-state index contributed by atoms with van der Waals surface area (Å²) in [4.78, 5) is 30.6. The molecule has 1 aliphatic rings. The molecule has 1 atom stereocenters. The van der Waals surface area contributed by atoms with E-state index in [9.17, 15) is 22.8 Å². The molecule has 0 aromatic heterocycles. The summed E-state index contributed by atoms with van der Waals surface area (Å²) >= 11 is 6.88. The van der Waals surface area contributed by atoms with Gasteiger partial charge in [-0.15, -0.1) is 0 Å². The maximum atomic E-state index is 12.9. The highest BCUT2D eigenvalue weighted by molar-refractivity contribution is 8.15. The number of hydrogen-bond acceptors (Lipinski definition) is 4. The third kappa shape index (κ3) is 5.34. The summed E-state index contributed by atoms with van der Waals surface area (Å²) in [6, 6.07) is 11.1. The van der Waals surface area contributed by atoms with Crippen molar-refractivity contribution in [2.24, 2.45) is 4.99 Å². The monoisotopic (exact) mass is 455 g/mol. The molecule has 1 heterocycles. The van der Waals surface area contributed by atoms with Crippen LogP contribution in [0.15, 0.2) is 53.5 Å². The number of nitrogens with zero attached hydrogens (tertiary/aromatic N) is 2. The van der Waals surface area contributed by atoms with E-state index >= 15 is 0 Å². The molecule has 0 radical (unpaired) electrons. The molecule has 2 amide bonds. The Bertz CT molecular complexity index is 980. The zero-order valence-corrected chi connectivity index (χ0v) is 17.3. The summed E-state index contributed by atoms with van der Waals surface area (Å²) in [6.07, 6.45) is -4.58. The zero-order chi connectivity index (χ0) is 21.9. The van der Waals surface area contributed by atoms with Gasteiger partial charge in [-0.25, -0.2) is 4.99 Å². The number of hydrogen-bond donors (Lipinski definition) is 1. The van der Waals surface area contributed by atoms with Gasteiger partial charge in [0, 0.05) is 23.7 Å². The first-order valence-corrected chi connectivity index (χ1v) is 10.2. The summed E-state index contributed by atoms with van der Waals surface area (Å²) in [7, 11) is 0. The molecule has 10 heteroatoms. The van der Waals surface area contributed by atoms with Crippen molar-refractivity contribution in [3.8, 4) is 0 Å². The van der Waals surface area contributed by atoms with Crippen molar-refractivity contribution in [2.45, 2.75) is 24.8 Å². The van der Waals surface area contributed by atoms with Crippen molar-refractivity contribution < 1.29 is 22.8 Å². The minimum Gasteiger partial charge on any atom is -0.326 e. The Hall–Kier alpha value is -2.52. The van der Waals surface area contributed by atoms with Crippen LogP contribution < -0.4 is 5.32 Å². The summed E-state index contributed by atoms with van der Waals surface area (Å²) in [5, 5.41) is 2.79. The summed E-state index contributed by atoms with van der Waals surface area (Å²) in [6.45, 7) is 2.02. The Morgan fingerprint density at radius 2 is 1.93 bits per heavy atom. The summed E-state index contributed by atoms with van der Waals surface area (Å²) in [5.41, 5.74) is -0.185. The van der Waals surface area contributed by atoms with Gasteiger partial charge in [0.25, 0.3) is 0 Å². The second-order valence-electron chi connectivity index (χ2n) is 6.39. The summed E-state index contributed by atoms with van der Waals surface area (Å²) < 4.78 is 38.8. The largest absolute Gasteiger partial charge is 0.416 e. The number of amidine groups is 1. The fraction of sp³-hybridized carbons (Fsp3) is 0.250. The number of halogens is 4. The lowest BCUT2D eigenvalue weighted by atomic mass is 10.2. The Labute approximate surface area is 180 Å². The predicted molar refractivity (Wildman–Crippen MR) is 112 cm³/mol. The number of thioether (sulfide) groups is 1. The van der Waals surface area contributed by atoms with Gasteiger partial charge in [-0.3, -0.25) is 14.5 Å². The van der Waals surface area contributed by atoms with Crippen LogP contribution in [-0.2, 0) is 15.8 Å². The fourth-order valence-electron chi connectivity index (χ4n) is 2.79. The second-order valence-corrected chi connectivity index (χ2v) is 8.00. The lowest BCUT2D eigenvalue weighted by Gasteiger charge is -2.13. The smallest absolute Gasteiger partial charge is 0.326 e. The molecule has 30 heavy (non-hydrogen) atoms. The van der Waals surface area contributed by atoms with Crippen molar-refractivity contribution in [3.63, 3.8) is 0 Å². The number of carbonyl (C=O) groups is 2. The topological polar surface area (TPSA) is 61.8 Å². The van der Waals surface area contributed by atoms with Gasteiger partial charge >= 0.3 is 6.18 Å². The Balaban J connectivity index is 1.74. The first-order chi connectivity index (χ1) is 14.2. The quantitative estimate of drug-likeness (QED) is 0.662. The van der Waals surface area contributed by atoms with E-state index in [1.165, 1.54) is 17.0 Å². The van der Waals surface area contributed by atoms with E-state index in [0.717, 1.165) is 23.9 Å². The first-order valence-electron chi connectivity index (χ1n) is 8.96. The van der Waals surface area contributed by atoms with Crippen molar-refractivity contribution in [3.05, 3.63) is 59.1 Å². The van der Waals surface area contributed by atoms with Gasteiger partial charge in [0.05, 0.1) is 11.3 Å². The minimum atomic E-state index is -4.48. The van der Waals surface area contributed by atoms with Crippen LogP contribution in [0.25, 0.3) is 0 Å². The van der Waals surface area contributed by atoms with E-state index in [0.29, 0.717) is 17.3 Å². The molecule has 2 aromatic carbocycles. The van der Waals surface area contributed by atoms with Gasteiger partial charge in [0.1, 0.15) is 5.25 Å². The number of amides is 2. The van der Waals surface area contributed by atoms with Crippen LogP contribution >= 0.6 is 23.4 Å². The lowest BCUT2D eigenvalue weighted by molar-refractivity contribution is -0.137. The molecular formula is C20H17ClF3N3O2S. The number of carbonyl (C=O) groups excluding carboxylic acids is 2. The van der Waals surface area contributed by atoms with Gasteiger partial charge < -0.3 is 5.32 Å². The van der Waals surface area contributed by atoms with Crippen molar-refractivity contribution in [1.82, 2.24) is 4.90 Å². The SMILES string of the molecule is CCN1C(=O)C(CC(=O)Nc2ccc(Cl)cc2)SC1=Nc1cccc(C(F)(F)F)c1. The molecule has 2 aromatic rings. The van der Waals surface area contributed by atoms with Crippen LogP contribution in [0, 0.1) is 0 Å². The molecule has 1 saturated heterocycles. The van der Waals surface area contributed by atoms with E-state index in [1.807, 2.05) is 0 Å². The van der Waals surface area contributed by atoms with Crippen LogP contribution in [0.4, 0.5) is 24.5 Å². The van der Waals surface area contributed by atoms with Crippen LogP contribution in [0.1, 0.15) is 18.9 Å². The first kappa shape index (κ1) is 22.2. The number of rotatable bonds is 5. The normalized spacial score (nSPS) is 18.2. The third-order valence-corrected chi connectivity index (χ3v) is 5.66. The van der Waals surface area contributed by atoms with Crippen LogP contribution in [-0.4, -0.2) is 33.7 Å². The van der Waals surface area contributed by atoms with Gasteiger partial charge in [-0.05, 0) is 49.4 Å². The number of benzene rings is 2. The molecule has 0 aliphatic carbocycles. The van der Waals surface area contributed by atoms with Gasteiger partial charge in [0.2, 0.25) is 11.8 Å². The molecule has 0 spiro atoms. The number of anilines is 1. The number of aliphatic imine (C=N–C) groups is 1. The van der Waals surface area contributed by atoms with E-state index in [-0.39, 0.29) is 29.1 Å². The molecule has 5 nitrogen and oxygen atoms in total. The average molecular weight is 456 g/mol. The standard InChI is InChI=1S/C20H17ClF3N3O2S/c1-2-27-18(29)16(11-17(28)25-14-8-6-13(21)7-9-14)30-19(27)26-15-5-3-4-12(10-15)20(22,23)24/h3-10,16H,2,11H2,1H3,(H,25,28). The zero-order valence-electron chi connectivity index (χ0n) is 15.7. The van der Waals surface area contributed by atoms with Crippen LogP contribution in [0.3, 0.4) is 0 Å². The Kier molecular flexibility index (Phi) is 6.72. The predicted octanol–water partition coefficient (Wildman–Crippen LogP) is 5.34. The third-order valence-electron chi connectivity index (χ3n) is 4.23. The van der Waals surface area contributed by atoms with Crippen LogP contribution in [0.5, 0.6) is 0 Å². The average Bonchev–Trinajstić information content (AvgIpc) is 2.97. The van der Waals surface area contributed by atoms with Gasteiger partial charge in [-0.1, -0.05) is 29.4 Å². The Morgan fingerprint density at radius 1 is 1.23 bits per heavy atom. The molecule has 1 unspecified atom stereocenters. The maximum absolute atomic E-state index is 12.9. The molecule has 1 aliphatic heterocycles. The highest BCUT2D eigenvalue weighted by atomic mass is 35.5. The van der Waals surface area contributed by atoms with E-state index in [1.54, 1.807) is 31.2 Å². The fourth-order valence-corrected chi connectivity index (χ4v) is 4.14. The molecule has 1 fully saturated rings. The van der Waals surface area contributed by atoms with Crippen molar-refractivity contribution in [1.29, 1.82) is 0 Å². The number of nitrogens with one attached hydrogen (secondary N) is 1. The maximum Gasteiger partial charge on any atom is 0.416 e. The van der Waals surface area contributed by atoms with Gasteiger partial charge in [-0.2, -0.15) is 13.2 Å². The van der Waals surface area contributed by atoms with E-state index in [2.05, 4.69) is 10.3 Å². The molecule has 158 valence electrons.